The fourth-order valence-electron chi connectivity index (χ4n) is 3.13. The lowest BCUT2D eigenvalue weighted by atomic mass is 10.2. The molecule has 1 aromatic heterocycles. The number of nitrogens with one attached hydrogen (secondary N) is 1. The Labute approximate surface area is 183 Å². The van der Waals surface area contributed by atoms with Gasteiger partial charge in [-0.3, -0.25) is 18.7 Å². The van der Waals surface area contributed by atoms with Crippen molar-refractivity contribution < 1.29 is 13.2 Å². The molecule has 31 heavy (non-hydrogen) atoms. The molecular weight excluding hydrogens is 444 g/mol. The zero-order chi connectivity index (χ0) is 23.1. The first kappa shape index (κ1) is 22.7. The van der Waals surface area contributed by atoms with E-state index in [1.807, 2.05) is 0 Å². The summed E-state index contributed by atoms with van der Waals surface area (Å²) in [6.07, 6.45) is 0. The molecule has 0 saturated carbocycles. The lowest BCUT2D eigenvalue weighted by Gasteiger charge is -2.18. The Balaban J connectivity index is 1.91. The monoisotopic (exact) mass is 464 g/mol. The number of carbonyl (C=O) groups is 1. The highest BCUT2D eigenvalue weighted by atomic mass is 35.5. The molecule has 0 fully saturated rings. The van der Waals surface area contributed by atoms with Crippen molar-refractivity contribution in [2.75, 3.05) is 18.9 Å². The van der Waals surface area contributed by atoms with Crippen LogP contribution in [0.15, 0.2) is 50.9 Å². The highest BCUT2D eigenvalue weighted by Gasteiger charge is 2.24. The van der Waals surface area contributed by atoms with Gasteiger partial charge >= 0.3 is 5.69 Å². The molecule has 0 saturated heterocycles. The Morgan fingerprint density at radius 2 is 1.81 bits per heavy atom. The fraction of sp³-hybridized carbons (Fsp3) is 0.250. The summed E-state index contributed by atoms with van der Waals surface area (Å²) in [5, 5.41) is 3.20. The number of fused-ring (bicyclic) bond motifs is 1. The van der Waals surface area contributed by atoms with Gasteiger partial charge in [0.1, 0.15) is 0 Å². The Kier molecular flexibility index (Phi) is 6.08. The summed E-state index contributed by atoms with van der Waals surface area (Å²) >= 11 is 6.04. The molecule has 164 valence electrons. The van der Waals surface area contributed by atoms with Crippen molar-refractivity contribution in [3.05, 3.63) is 67.8 Å². The SMILES string of the molecule is Cc1c(Cl)cccc1NC(=O)CN(C)S(=O)(=O)c1ccc2c(c1)c(=O)n(C)c(=O)n2C. The molecule has 1 amide bonds. The summed E-state index contributed by atoms with van der Waals surface area (Å²) in [5.74, 6) is -0.546. The van der Waals surface area contributed by atoms with Gasteiger partial charge in [-0.25, -0.2) is 13.2 Å². The summed E-state index contributed by atoms with van der Waals surface area (Å²) in [6, 6.07) is 8.93. The molecule has 0 bridgehead atoms. The third-order valence-corrected chi connectivity index (χ3v) is 7.26. The number of halogens is 1. The number of amides is 1. The molecule has 0 aliphatic rings. The van der Waals surface area contributed by atoms with Crippen molar-refractivity contribution in [3.63, 3.8) is 0 Å². The van der Waals surface area contributed by atoms with Crippen molar-refractivity contribution >= 4 is 44.1 Å². The molecule has 2 aromatic carbocycles. The number of benzene rings is 2. The number of aryl methyl sites for hydroxylation is 1. The average Bonchev–Trinajstić information content (AvgIpc) is 2.73. The predicted molar refractivity (Wildman–Crippen MR) is 119 cm³/mol. The molecular formula is C20H21ClN4O5S. The summed E-state index contributed by atoms with van der Waals surface area (Å²) < 4.78 is 29.0. The predicted octanol–water partition coefficient (Wildman–Crippen LogP) is 1.46. The number of likely N-dealkylation sites (N-methyl/N-ethyl adjacent to an activating group) is 1. The molecule has 0 unspecified atom stereocenters. The zero-order valence-electron chi connectivity index (χ0n) is 17.3. The molecule has 0 atom stereocenters. The Morgan fingerprint density at radius 3 is 2.48 bits per heavy atom. The number of aromatic nitrogens is 2. The van der Waals surface area contributed by atoms with Crippen LogP contribution in [0, 0.1) is 6.92 Å². The van der Waals surface area contributed by atoms with E-state index in [1.165, 1.54) is 43.9 Å². The van der Waals surface area contributed by atoms with Crippen LogP contribution in [0.1, 0.15) is 5.56 Å². The first-order chi connectivity index (χ1) is 14.4. The molecule has 3 rings (SSSR count). The van der Waals surface area contributed by atoms with Crippen molar-refractivity contribution in [1.82, 2.24) is 13.4 Å². The maximum absolute atomic E-state index is 13.0. The van der Waals surface area contributed by atoms with Gasteiger partial charge in [-0.15, -0.1) is 0 Å². The van der Waals surface area contributed by atoms with Crippen LogP contribution in [-0.4, -0.2) is 41.4 Å². The third kappa shape index (κ3) is 4.14. The summed E-state index contributed by atoms with van der Waals surface area (Å²) in [5.41, 5.74) is 0.339. The molecule has 0 radical (unpaired) electrons. The van der Waals surface area contributed by atoms with Gasteiger partial charge in [0, 0.05) is 31.9 Å². The maximum Gasteiger partial charge on any atom is 0.330 e. The van der Waals surface area contributed by atoms with Crippen LogP contribution in [0.25, 0.3) is 10.9 Å². The number of rotatable bonds is 5. The number of anilines is 1. The van der Waals surface area contributed by atoms with Crippen LogP contribution in [0.2, 0.25) is 5.02 Å². The van der Waals surface area contributed by atoms with E-state index in [4.69, 9.17) is 11.6 Å². The van der Waals surface area contributed by atoms with Gasteiger partial charge < -0.3 is 5.32 Å². The van der Waals surface area contributed by atoms with Gasteiger partial charge in [-0.1, -0.05) is 17.7 Å². The van der Waals surface area contributed by atoms with Crippen LogP contribution in [-0.2, 0) is 28.9 Å². The van der Waals surface area contributed by atoms with E-state index in [0.29, 0.717) is 21.8 Å². The van der Waals surface area contributed by atoms with E-state index in [0.717, 1.165) is 8.87 Å². The van der Waals surface area contributed by atoms with Crippen molar-refractivity contribution in [3.8, 4) is 0 Å². The molecule has 11 heteroatoms. The van der Waals surface area contributed by atoms with E-state index < -0.39 is 33.7 Å². The minimum Gasteiger partial charge on any atom is -0.325 e. The van der Waals surface area contributed by atoms with Gasteiger partial charge in [0.05, 0.1) is 22.3 Å². The molecule has 9 nitrogen and oxygen atoms in total. The van der Waals surface area contributed by atoms with Crippen molar-refractivity contribution in [2.45, 2.75) is 11.8 Å². The quantitative estimate of drug-likeness (QED) is 0.614. The minimum atomic E-state index is -4.08. The van der Waals surface area contributed by atoms with Gasteiger partial charge in [-0.05, 0) is 42.8 Å². The topological polar surface area (TPSA) is 110 Å². The lowest BCUT2D eigenvalue weighted by molar-refractivity contribution is -0.116. The maximum atomic E-state index is 13.0. The average molecular weight is 465 g/mol. The van der Waals surface area contributed by atoms with Crippen molar-refractivity contribution in [2.24, 2.45) is 14.1 Å². The summed E-state index contributed by atoms with van der Waals surface area (Å²) in [4.78, 5) is 36.8. The first-order valence-electron chi connectivity index (χ1n) is 9.16. The number of hydrogen-bond donors (Lipinski definition) is 1. The van der Waals surface area contributed by atoms with Crippen LogP contribution < -0.4 is 16.6 Å². The lowest BCUT2D eigenvalue weighted by Crippen LogP contribution is -2.37. The van der Waals surface area contributed by atoms with E-state index in [2.05, 4.69) is 5.32 Å². The Hall–Kier alpha value is -2.95. The van der Waals surface area contributed by atoms with Crippen molar-refractivity contribution in [1.29, 1.82) is 0 Å². The number of nitrogens with zero attached hydrogens (tertiary/aromatic N) is 3. The van der Waals surface area contributed by atoms with Crippen LogP contribution in [0.4, 0.5) is 5.69 Å². The standard InChI is InChI=1S/C20H21ClN4O5S/c1-12-15(21)6-5-7-16(12)22-18(26)11-23(2)31(29,30)13-8-9-17-14(10-13)19(27)25(4)20(28)24(17)3/h5-10H,11H2,1-4H3,(H,22,26). The second-order valence-electron chi connectivity index (χ2n) is 7.11. The van der Waals surface area contributed by atoms with E-state index >= 15 is 0 Å². The van der Waals surface area contributed by atoms with E-state index in [1.54, 1.807) is 25.1 Å². The van der Waals surface area contributed by atoms with Gasteiger partial charge in [0.15, 0.2) is 0 Å². The molecule has 1 N–H and O–H groups in total. The first-order valence-corrected chi connectivity index (χ1v) is 11.0. The molecule has 0 aliphatic heterocycles. The normalized spacial score (nSPS) is 11.8. The fourth-order valence-corrected chi connectivity index (χ4v) is 4.46. The van der Waals surface area contributed by atoms with E-state index in [9.17, 15) is 22.8 Å². The summed E-state index contributed by atoms with van der Waals surface area (Å²) in [7, 11) is 0.000537. The van der Waals surface area contributed by atoms with E-state index in [-0.39, 0.29) is 10.3 Å². The minimum absolute atomic E-state index is 0.0816. The van der Waals surface area contributed by atoms with Gasteiger partial charge in [0.25, 0.3) is 5.56 Å². The third-order valence-electron chi connectivity index (χ3n) is 5.05. The van der Waals surface area contributed by atoms with Crippen LogP contribution in [0.5, 0.6) is 0 Å². The second-order valence-corrected chi connectivity index (χ2v) is 9.56. The highest BCUT2D eigenvalue weighted by molar-refractivity contribution is 7.89. The Bertz CT molecular complexity index is 1430. The van der Waals surface area contributed by atoms with Crippen LogP contribution >= 0.6 is 11.6 Å². The molecule has 0 spiro atoms. The largest absolute Gasteiger partial charge is 0.330 e. The molecule has 1 heterocycles. The van der Waals surface area contributed by atoms with Gasteiger partial charge in [-0.2, -0.15) is 4.31 Å². The molecule has 0 aliphatic carbocycles. The number of hydrogen-bond acceptors (Lipinski definition) is 5. The van der Waals surface area contributed by atoms with Gasteiger partial charge in [0.2, 0.25) is 15.9 Å². The number of sulfonamides is 1. The van der Waals surface area contributed by atoms with Crippen LogP contribution in [0.3, 0.4) is 0 Å². The summed E-state index contributed by atoms with van der Waals surface area (Å²) in [6.45, 7) is 1.29. The number of carbonyl (C=O) groups excluding carboxylic acids is 1. The zero-order valence-corrected chi connectivity index (χ0v) is 18.9. The molecule has 3 aromatic rings. The Morgan fingerprint density at radius 1 is 1.13 bits per heavy atom. The smallest absolute Gasteiger partial charge is 0.325 e. The second kappa shape index (κ2) is 8.29. The highest BCUT2D eigenvalue weighted by Crippen LogP contribution is 2.23.